The van der Waals surface area contributed by atoms with Gasteiger partial charge in [-0.05, 0) is 20.8 Å². The first kappa shape index (κ1) is 20.0. The van der Waals surface area contributed by atoms with E-state index in [0.717, 1.165) is 0 Å². The number of rotatable bonds is 4. The van der Waals surface area contributed by atoms with Gasteiger partial charge >= 0.3 is 6.09 Å². The molecule has 1 aromatic heterocycles. The highest BCUT2D eigenvalue weighted by Crippen LogP contribution is 2.31. The van der Waals surface area contributed by atoms with Gasteiger partial charge in [0.2, 0.25) is 6.43 Å². The molecule has 0 saturated carbocycles. The minimum absolute atomic E-state index is 0.228. The van der Waals surface area contributed by atoms with E-state index in [1.165, 1.54) is 12.0 Å². The molecule has 7 nitrogen and oxygen atoms in total. The van der Waals surface area contributed by atoms with E-state index in [4.69, 9.17) is 15.2 Å². The van der Waals surface area contributed by atoms with Crippen LogP contribution in [0, 0.1) is 0 Å². The fourth-order valence-corrected chi connectivity index (χ4v) is 2.89. The summed E-state index contributed by atoms with van der Waals surface area (Å²) in [5.74, 6) is 0.820. The molecule has 2 heterocycles. The Hall–Kier alpha value is -2.32. The van der Waals surface area contributed by atoms with Crippen molar-refractivity contribution in [2.45, 2.75) is 45.3 Å². The van der Waals surface area contributed by atoms with Crippen LogP contribution in [0.3, 0.4) is 0 Å². The van der Waals surface area contributed by atoms with Crippen LogP contribution in [0.1, 0.15) is 27.2 Å². The quantitative estimate of drug-likeness (QED) is 0.875. The van der Waals surface area contributed by atoms with Gasteiger partial charge in [-0.1, -0.05) is 0 Å². The average Bonchev–Trinajstić information content (AvgIpc) is 2.52. The molecule has 2 N–H and O–H groups in total. The summed E-state index contributed by atoms with van der Waals surface area (Å²) in [6.07, 6.45) is -1.99. The van der Waals surface area contributed by atoms with Crippen molar-refractivity contribution in [1.82, 2.24) is 9.88 Å². The Morgan fingerprint density at radius 1 is 1.42 bits per heavy atom. The van der Waals surface area contributed by atoms with E-state index in [0.29, 0.717) is 23.8 Å². The summed E-state index contributed by atoms with van der Waals surface area (Å²) in [5.41, 5.74) is 5.64. The minimum Gasteiger partial charge on any atom is -0.494 e. The number of amides is 1. The van der Waals surface area contributed by atoms with E-state index >= 15 is 0 Å². The molecule has 1 aliphatic rings. The second-order valence-electron chi connectivity index (χ2n) is 7.18. The number of halogens is 2. The molecule has 0 spiro atoms. The van der Waals surface area contributed by atoms with Crippen LogP contribution in [0.4, 0.5) is 25.1 Å². The maximum atomic E-state index is 13.1. The van der Waals surface area contributed by atoms with Gasteiger partial charge < -0.3 is 25.0 Å². The molecule has 0 aliphatic carbocycles. The van der Waals surface area contributed by atoms with Crippen LogP contribution in [0.5, 0.6) is 5.75 Å². The van der Waals surface area contributed by atoms with Crippen LogP contribution >= 0.6 is 0 Å². The lowest BCUT2D eigenvalue weighted by molar-refractivity contribution is 0.00521. The lowest BCUT2D eigenvalue weighted by atomic mass is 10.1. The minimum atomic E-state index is -2.53. The molecule has 1 unspecified atom stereocenters. The van der Waals surface area contributed by atoms with E-state index in [1.807, 2.05) is 4.90 Å². The van der Waals surface area contributed by atoms with Crippen LogP contribution in [-0.2, 0) is 4.74 Å². The maximum Gasteiger partial charge on any atom is 0.410 e. The number of aromatic nitrogens is 1. The van der Waals surface area contributed by atoms with E-state index in [-0.39, 0.29) is 13.1 Å². The van der Waals surface area contributed by atoms with Crippen molar-refractivity contribution in [2.75, 3.05) is 37.4 Å². The van der Waals surface area contributed by atoms with Gasteiger partial charge in [-0.25, -0.2) is 18.6 Å². The van der Waals surface area contributed by atoms with Gasteiger partial charge in [-0.15, -0.1) is 0 Å². The summed E-state index contributed by atoms with van der Waals surface area (Å²) in [6.45, 7) is 6.17. The van der Waals surface area contributed by atoms with Crippen molar-refractivity contribution in [1.29, 1.82) is 0 Å². The molecule has 146 valence electrons. The first-order chi connectivity index (χ1) is 12.1. The Balaban J connectivity index is 2.20. The number of carbonyl (C=O) groups is 1. The normalized spacial score (nSPS) is 18.2. The number of alkyl halides is 2. The maximum absolute atomic E-state index is 13.1. The van der Waals surface area contributed by atoms with E-state index in [9.17, 15) is 13.6 Å². The molecule has 2 rings (SSSR count). The lowest BCUT2D eigenvalue weighted by Crippen LogP contribution is -2.56. The van der Waals surface area contributed by atoms with Crippen LogP contribution < -0.4 is 15.4 Å². The van der Waals surface area contributed by atoms with Crippen molar-refractivity contribution in [3.8, 4) is 5.75 Å². The fraction of sp³-hybridized carbons (Fsp3) is 0.647. The fourth-order valence-electron chi connectivity index (χ4n) is 2.89. The van der Waals surface area contributed by atoms with Crippen molar-refractivity contribution < 1.29 is 23.0 Å². The Bertz CT molecular complexity index is 637. The molecule has 1 fully saturated rings. The Morgan fingerprint density at radius 2 is 2.12 bits per heavy atom. The van der Waals surface area contributed by atoms with Crippen LogP contribution in [-0.4, -0.2) is 60.8 Å². The molecule has 1 aromatic rings. The van der Waals surface area contributed by atoms with E-state index in [2.05, 4.69) is 4.98 Å². The van der Waals surface area contributed by atoms with E-state index < -0.39 is 30.6 Å². The van der Waals surface area contributed by atoms with Crippen molar-refractivity contribution in [2.24, 2.45) is 0 Å². The molecule has 26 heavy (non-hydrogen) atoms. The standard InChI is InChI=1S/C17H26F2N4O3/c1-17(2,3)26-16(24)23-6-5-22(10-11(23)7-14(18)19)12-9-21-15(20)8-13(12)25-4/h8-9,11,14H,5-7,10H2,1-4H3,(H2,20,21). The molecule has 1 saturated heterocycles. The summed E-state index contributed by atoms with van der Waals surface area (Å²) in [4.78, 5) is 19.7. The number of pyridine rings is 1. The third-order valence-electron chi connectivity index (χ3n) is 3.99. The second kappa shape index (κ2) is 7.92. The second-order valence-corrected chi connectivity index (χ2v) is 7.18. The Labute approximate surface area is 152 Å². The number of anilines is 2. The van der Waals surface area contributed by atoms with Gasteiger partial charge in [0.15, 0.2) is 0 Å². The van der Waals surface area contributed by atoms with E-state index in [1.54, 1.807) is 33.0 Å². The highest BCUT2D eigenvalue weighted by molar-refractivity contribution is 5.69. The third-order valence-corrected chi connectivity index (χ3v) is 3.99. The van der Waals surface area contributed by atoms with Gasteiger partial charge in [0.25, 0.3) is 0 Å². The molecular formula is C17H26F2N4O3. The molecule has 1 amide bonds. The number of carbonyl (C=O) groups excluding carboxylic acids is 1. The van der Waals surface area contributed by atoms with Crippen LogP contribution in [0.15, 0.2) is 12.3 Å². The third kappa shape index (κ3) is 5.09. The number of methoxy groups -OCH3 is 1. The molecule has 0 radical (unpaired) electrons. The smallest absolute Gasteiger partial charge is 0.410 e. The summed E-state index contributed by atoms with van der Waals surface area (Å²) in [6, 6.07) is 0.901. The molecule has 9 heteroatoms. The number of ether oxygens (including phenoxy) is 2. The average molecular weight is 372 g/mol. The predicted molar refractivity (Wildman–Crippen MR) is 94.8 cm³/mol. The number of nitrogens with zero attached hydrogens (tertiary/aromatic N) is 3. The largest absolute Gasteiger partial charge is 0.494 e. The molecule has 0 bridgehead atoms. The highest BCUT2D eigenvalue weighted by Gasteiger charge is 2.35. The molecule has 1 atom stereocenters. The molecule has 0 aromatic carbocycles. The SMILES string of the molecule is COc1cc(N)ncc1N1CCN(C(=O)OC(C)(C)C)C(CC(F)F)C1. The van der Waals surface area contributed by atoms with Gasteiger partial charge in [-0.2, -0.15) is 0 Å². The first-order valence-electron chi connectivity index (χ1n) is 8.43. The first-order valence-corrected chi connectivity index (χ1v) is 8.43. The van der Waals surface area contributed by atoms with Gasteiger partial charge in [-0.3, -0.25) is 0 Å². The van der Waals surface area contributed by atoms with Crippen molar-refractivity contribution in [3.05, 3.63) is 12.3 Å². The zero-order chi connectivity index (χ0) is 19.5. The lowest BCUT2D eigenvalue weighted by Gasteiger charge is -2.42. The monoisotopic (exact) mass is 372 g/mol. The van der Waals surface area contributed by atoms with Crippen LogP contribution in [0.2, 0.25) is 0 Å². The summed E-state index contributed by atoms with van der Waals surface area (Å²) < 4.78 is 36.8. The number of hydrogen-bond acceptors (Lipinski definition) is 6. The molecule has 1 aliphatic heterocycles. The predicted octanol–water partition coefficient (Wildman–Crippen LogP) is 2.75. The van der Waals surface area contributed by atoms with Gasteiger partial charge in [0.1, 0.15) is 17.2 Å². The topological polar surface area (TPSA) is 80.9 Å². The van der Waals surface area contributed by atoms with Gasteiger partial charge in [0, 0.05) is 32.1 Å². The highest BCUT2D eigenvalue weighted by atomic mass is 19.3. The number of piperazine rings is 1. The number of hydrogen-bond donors (Lipinski definition) is 1. The number of nitrogen functional groups attached to an aromatic ring is 1. The van der Waals surface area contributed by atoms with Gasteiger partial charge in [0.05, 0.1) is 25.0 Å². The van der Waals surface area contributed by atoms with Crippen LogP contribution in [0.25, 0.3) is 0 Å². The summed E-state index contributed by atoms with van der Waals surface area (Å²) in [5, 5.41) is 0. The zero-order valence-corrected chi connectivity index (χ0v) is 15.5. The van der Waals surface area contributed by atoms with Crippen molar-refractivity contribution >= 4 is 17.6 Å². The Kier molecular flexibility index (Phi) is 6.09. The molecular weight excluding hydrogens is 346 g/mol. The van der Waals surface area contributed by atoms with Crippen molar-refractivity contribution in [3.63, 3.8) is 0 Å². The summed E-state index contributed by atoms with van der Waals surface area (Å²) >= 11 is 0. The zero-order valence-electron chi connectivity index (χ0n) is 15.5. The number of nitrogens with two attached hydrogens (primary N) is 1. The summed E-state index contributed by atoms with van der Waals surface area (Å²) in [7, 11) is 1.51. The Morgan fingerprint density at radius 3 is 2.69 bits per heavy atom.